The van der Waals surface area contributed by atoms with Crippen LogP contribution in [0, 0.1) is 11.8 Å². The van der Waals surface area contributed by atoms with Gasteiger partial charge in [-0.05, 0) is 48.7 Å². The van der Waals surface area contributed by atoms with Crippen LogP contribution in [0.2, 0.25) is 18.1 Å². The van der Waals surface area contributed by atoms with E-state index < -0.39 is 8.32 Å². The second kappa shape index (κ2) is 12.8. The Hall–Kier alpha value is -1.61. The van der Waals surface area contributed by atoms with E-state index >= 15 is 0 Å². The Morgan fingerprint density at radius 1 is 1.07 bits per heavy atom. The molecule has 0 bridgehead atoms. The predicted octanol–water partition coefficient (Wildman–Crippen LogP) is 5.76. The summed E-state index contributed by atoms with van der Waals surface area (Å²) in [7, 11) is -0.180. The molecule has 1 atom stereocenters. The Kier molecular flexibility index (Phi) is 11.3. The first-order chi connectivity index (χ1) is 13.7. The number of carbonyl (C=O) groups is 1. The Labute approximate surface area is 178 Å². The van der Waals surface area contributed by atoms with E-state index in [9.17, 15) is 4.79 Å². The number of methoxy groups -OCH3 is 1. The van der Waals surface area contributed by atoms with Crippen LogP contribution in [0.4, 0.5) is 0 Å². The van der Waals surface area contributed by atoms with Crippen molar-refractivity contribution in [1.29, 1.82) is 0 Å². The SMILES string of the molecule is COc1ccc(COCC[C@H](CCC#CCCC=O)O[Si](C)(C)C(C)(C)C)cc1. The van der Waals surface area contributed by atoms with Crippen LogP contribution in [-0.2, 0) is 20.6 Å². The van der Waals surface area contributed by atoms with Gasteiger partial charge in [0.1, 0.15) is 12.0 Å². The molecular weight excluding hydrogens is 380 g/mol. The average Bonchev–Trinajstić information content (AvgIpc) is 2.67. The largest absolute Gasteiger partial charge is 0.497 e. The molecule has 0 radical (unpaired) electrons. The maximum absolute atomic E-state index is 10.4. The van der Waals surface area contributed by atoms with E-state index in [0.29, 0.717) is 26.1 Å². The smallest absolute Gasteiger partial charge is 0.192 e. The zero-order chi connectivity index (χ0) is 21.8. The zero-order valence-electron chi connectivity index (χ0n) is 19.0. The first kappa shape index (κ1) is 25.4. The van der Waals surface area contributed by atoms with Gasteiger partial charge < -0.3 is 18.7 Å². The van der Waals surface area contributed by atoms with Gasteiger partial charge in [0.2, 0.25) is 0 Å². The number of hydrogen-bond donors (Lipinski definition) is 0. The highest BCUT2D eigenvalue weighted by Gasteiger charge is 2.38. The molecule has 0 aliphatic carbocycles. The molecule has 29 heavy (non-hydrogen) atoms. The molecular formula is C24H38O4Si. The zero-order valence-corrected chi connectivity index (χ0v) is 20.0. The van der Waals surface area contributed by atoms with Gasteiger partial charge in [-0.2, -0.15) is 0 Å². The third-order valence-corrected chi connectivity index (χ3v) is 9.92. The third-order valence-electron chi connectivity index (χ3n) is 5.38. The molecule has 0 aliphatic rings. The minimum absolute atomic E-state index is 0.145. The van der Waals surface area contributed by atoms with Crippen molar-refractivity contribution in [2.24, 2.45) is 0 Å². The number of ether oxygens (including phenoxy) is 2. The highest BCUT2D eigenvalue weighted by Crippen LogP contribution is 2.38. The monoisotopic (exact) mass is 418 g/mol. The van der Waals surface area contributed by atoms with Gasteiger partial charge in [0.15, 0.2) is 8.32 Å². The minimum atomic E-state index is -1.85. The first-order valence-electron chi connectivity index (χ1n) is 10.5. The van der Waals surface area contributed by atoms with Crippen molar-refractivity contribution in [2.45, 2.75) is 83.7 Å². The maximum Gasteiger partial charge on any atom is 0.192 e. The molecule has 1 aromatic rings. The topological polar surface area (TPSA) is 44.8 Å². The summed E-state index contributed by atoms with van der Waals surface area (Å²) in [6, 6.07) is 7.95. The molecule has 5 heteroatoms. The molecule has 0 amide bonds. The normalized spacial score (nSPS) is 12.8. The lowest BCUT2D eigenvalue weighted by atomic mass is 10.1. The van der Waals surface area contributed by atoms with E-state index in [2.05, 4.69) is 45.7 Å². The van der Waals surface area contributed by atoms with Gasteiger partial charge in [0, 0.05) is 32.0 Å². The molecule has 1 rings (SSSR count). The summed E-state index contributed by atoms with van der Waals surface area (Å²) in [6.07, 6.45) is 4.75. The van der Waals surface area contributed by atoms with Crippen molar-refractivity contribution in [3.8, 4) is 17.6 Å². The van der Waals surface area contributed by atoms with Gasteiger partial charge in [-0.25, -0.2) is 0 Å². The van der Waals surface area contributed by atoms with Crippen molar-refractivity contribution >= 4 is 14.6 Å². The van der Waals surface area contributed by atoms with E-state index in [1.165, 1.54) is 0 Å². The fourth-order valence-corrected chi connectivity index (χ4v) is 3.95. The Bertz CT molecular complexity index is 650. The van der Waals surface area contributed by atoms with Crippen molar-refractivity contribution in [3.05, 3.63) is 29.8 Å². The van der Waals surface area contributed by atoms with Crippen LogP contribution in [0.5, 0.6) is 5.75 Å². The molecule has 0 unspecified atom stereocenters. The van der Waals surface area contributed by atoms with Crippen LogP contribution < -0.4 is 4.74 Å². The number of rotatable bonds is 12. The molecule has 0 aliphatic heterocycles. The molecule has 162 valence electrons. The summed E-state index contributed by atoms with van der Waals surface area (Å²) in [5.74, 6) is 7.09. The fourth-order valence-electron chi connectivity index (χ4n) is 2.52. The molecule has 0 saturated heterocycles. The van der Waals surface area contributed by atoms with E-state index in [1.807, 2.05) is 24.3 Å². The highest BCUT2D eigenvalue weighted by atomic mass is 28.4. The summed E-state index contributed by atoms with van der Waals surface area (Å²) >= 11 is 0. The minimum Gasteiger partial charge on any atom is -0.497 e. The highest BCUT2D eigenvalue weighted by molar-refractivity contribution is 6.74. The van der Waals surface area contributed by atoms with Crippen LogP contribution in [0.3, 0.4) is 0 Å². The lowest BCUT2D eigenvalue weighted by Gasteiger charge is -2.39. The number of aldehydes is 1. The number of carbonyl (C=O) groups excluding carboxylic acids is 1. The summed E-state index contributed by atoms with van der Waals surface area (Å²) in [6.45, 7) is 12.6. The molecule has 0 saturated carbocycles. The molecule has 4 nitrogen and oxygen atoms in total. The van der Waals surface area contributed by atoms with E-state index in [1.54, 1.807) is 7.11 Å². The Balaban J connectivity index is 2.54. The number of benzene rings is 1. The summed E-state index contributed by atoms with van der Waals surface area (Å²) in [4.78, 5) is 10.4. The molecule has 0 heterocycles. The van der Waals surface area contributed by atoms with Crippen molar-refractivity contribution in [1.82, 2.24) is 0 Å². The summed E-state index contributed by atoms with van der Waals surface area (Å²) in [5.41, 5.74) is 1.13. The summed E-state index contributed by atoms with van der Waals surface area (Å²) < 4.78 is 17.7. The van der Waals surface area contributed by atoms with Gasteiger partial charge in [-0.3, -0.25) is 0 Å². The van der Waals surface area contributed by atoms with Gasteiger partial charge in [0.25, 0.3) is 0 Å². The molecule has 0 aromatic heterocycles. The van der Waals surface area contributed by atoms with Gasteiger partial charge in [-0.1, -0.05) is 32.9 Å². The lowest BCUT2D eigenvalue weighted by Crippen LogP contribution is -2.44. The predicted molar refractivity (Wildman–Crippen MR) is 122 cm³/mol. The second-order valence-electron chi connectivity index (χ2n) is 8.79. The third kappa shape index (κ3) is 10.1. The van der Waals surface area contributed by atoms with Crippen LogP contribution in [0.25, 0.3) is 0 Å². The van der Waals surface area contributed by atoms with E-state index in [4.69, 9.17) is 13.9 Å². The Morgan fingerprint density at radius 2 is 1.72 bits per heavy atom. The van der Waals surface area contributed by atoms with Gasteiger partial charge in [-0.15, -0.1) is 11.8 Å². The van der Waals surface area contributed by atoms with Crippen LogP contribution in [-0.4, -0.2) is 34.4 Å². The van der Waals surface area contributed by atoms with Gasteiger partial charge in [0.05, 0.1) is 13.7 Å². The van der Waals surface area contributed by atoms with Crippen LogP contribution >= 0.6 is 0 Å². The molecule has 0 spiro atoms. The Morgan fingerprint density at radius 3 is 2.31 bits per heavy atom. The standard InChI is InChI=1S/C24H38O4Si/c1-24(2,3)29(5,6)28-23(12-10-8-7-9-11-18-25)17-19-27-20-21-13-15-22(26-4)16-14-21/h13-16,18,23H,9-12,17,19-20H2,1-6H3/t23-/m0/s1. The first-order valence-corrected chi connectivity index (χ1v) is 13.4. The molecule has 1 aromatic carbocycles. The van der Waals surface area contributed by atoms with Crippen LogP contribution in [0.1, 0.15) is 58.4 Å². The fraction of sp³-hybridized carbons (Fsp3) is 0.625. The summed E-state index contributed by atoms with van der Waals surface area (Å²) in [5, 5.41) is 0.171. The van der Waals surface area contributed by atoms with E-state index in [0.717, 1.165) is 36.9 Å². The van der Waals surface area contributed by atoms with Crippen molar-refractivity contribution in [2.75, 3.05) is 13.7 Å². The average molecular weight is 419 g/mol. The molecule has 0 N–H and O–H groups in total. The maximum atomic E-state index is 10.4. The van der Waals surface area contributed by atoms with Crippen molar-refractivity contribution in [3.63, 3.8) is 0 Å². The number of unbranched alkanes of at least 4 members (excludes halogenated alkanes) is 1. The molecule has 0 fully saturated rings. The van der Waals surface area contributed by atoms with Gasteiger partial charge >= 0.3 is 0 Å². The second-order valence-corrected chi connectivity index (χ2v) is 13.5. The van der Waals surface area contributed by atoms with Crippen molar-refractivity contribution < 1.29 is 18.7 Å². The number of hydrogen-bond acceptors (Lipinski definition) is 4. The quantitative estimate of drug-likeness (QED) is 0.187. The van der Waals surface area contributed by atoms with Crippen LogP contribution in [0.15, 0.2) is 24.3 Å². The van der Waals surface area contributed by atoms with E-state index in [-0.39, 0.29) is 11.1 Å². The lowest BCUT2D eigenvalue weighted by molar-refractivity contribution is -0.107.